The first-order valence-corrected chi connectivity index (χ1v) is 7.36. The van der Waals surface area contributed by atoms with Crippen LogP contribution in [0, 0.1) is 6.92 Å². The Kier molecular flexibility index (Phi) is 4.89. The van der Waals surface area contributed by atoms with Crippen LogP contribution < -0.4 is 4.74 Å². The highest BCUT2D eigenvalue weighted by molar-refractivity contribution is 9.10. The Balaban J connectivity index is 2.27. The SMILES string of the molecule is COc1ccc(Br)cc1C(Cl)Cc1ccccc1C. The van der Waals surface area contributed by atoms with E-state index in [0.717, 1.165) is 22.2 Å². The van der Waals surface area contributed by atoms with Gasteiger partial charge in [-0.1, -0.05) is 40.2 Å². The molecule has 3 heteroatoms. The van der Waals surface area contributed by atoms with E-state index in [1.165, 1.54) is 11.1 Å². The summed E-state index contributed by atoms with van der Waals surface area (Å²) in [4.78, 5) is 0. The molecule has 2 aromatic rings. The quantitative estimate of drug-likeness (QED) is 0.688. The predicted octanol–water partition coefficient (Wildman–Crippen LogP) is 5.29. The molecule has 2 aromatic carbocycles. The molecule has 100 valence electrons. The van der Waals surface area contributed by atoms with Gasteiger partial charge in [0.25, 0.3) is 0 Å². The third-order valence-electron chi connectivity index (χ3n) is 3.19. The second-order valence-corrected chi connectivity index (χ2v) is 5.93. The van der Waals surface area contributed by atoms with Gasteiger partial charge in [-0.2, -0.15) is 0 Å². The van der Waals surface area contributed by atoms with Gasteiger partial charge in [-0.15, -0.1) is 11.6 Å². The first-order valence-electron chi connectivity index (χ1n) is 6.14. The summed E-state index contributed by atoms with van der Waals surface area (Å²) in [7, 11) is 1.67. The summed E-state index contributed by atoms with van der Waals surface area (Å²) in [5, 5.41) is -0.103. The zero-order valence-electron chi connectivity index (χ0n) is 11.0. The minimum Gasteiger partial charge on any atom is -0.496 e. The summed E-state index contributed by atoms with van der Waals surface area (Å²) in [6.07, 6.45) is 0.793. The van der Waals surface area contributed by atoms with E-state index in [1.807, 2.05) is 30.3 Å². The highest BCUT2D eigenvalue weighted by atomic mass is 79.9. The molecule has 0 bridgehead atoms. The molecule has 2 rings (SSSR count). The van der Waals surface area contributed by atoms with E-state index in [2.05, 4.69) is 35.0 Å². The van der Waals surface area contributed by atoms with Gasteiger partial charge in [0.2, 0.25) is 0 Å². The third-order valence-corrected chi connectivity index (χ3v) is 4.07. The van der Waals surface area contributed by atoms with E-state index in [4.69, 9.17) is 16.3 Å². The zero-order valence-corrected chi connectivity index (χ0v) is 13.3. The second kappa shape index (κ2) is 6.44. The van der Waals surface area contributed by atoms with Gasteiger partial charge < -0.3 is 4.74 Å². The highest BCUT2D eigenvalue weighted by Gasteiger charge is 2.15. The van der Waals surface area contributed by atoms with Crippen LogP contribution in [0.5, 0.6) is 5.75 Å². The highest BCUT2D eigenvalue weighted by Crippen LogP contribution is 2.34. The van der Waals surface area contributed by atoms with Crippen molar-refractivity contribution in [1.82, 2.24) is 0 Å². The largest absolute Gasteiger partial charge is 0.496 e. The van der Waals surface area contributed by atoms with Crippen molar-refractivity contribution in [2.24, 2.45) is 0 Å². The van der Waals surface area contributed by atoms with Crippen LogP contribution in [-0.2, 0) is 6.42 Å². The Morgan fingerprint density at radius 1 is 1.21 bits per heavy atom. The number of aryl methyl sites for hydroxylation is 1. The minimum absolute atomic E-state index is 0.103. The molecule has 19 heavy (non-hydrogen) atoms. The van der Waals surface area contributed by atoms with Gasteiger partial charge in [-0.3, -0.25) is 0 Å². The maximum absolute atomic E-state index is 6.57. The van der Waals surface area contributed by atoms with Gasteiger partial charge in [-0.25, -0.2) is 0 Å². The summed E-state index contributed by atoms with van der Waals surface area (Å²) in [6.45, 7) is 2.11. The van der Waals surface area contributed by atoms with E-state index in [0.29, 0.717) is 0 Å². The fraction of sp³-hybridized carbons (Fsp3) is 0.250. The molecule has 0 fully saturated rings. The molecule has 0 amide bonds. The number of rotatable bonds is 4. The Bertz CT molecular complexity index is 568. The topological polar surface area (TPSA) is 9.23 Å². The molecular formula is C16H16BrClO. The molecule has 1 unspecified atom stereocenters. The van der Waals surface area contributed by atoms with Gasteiger partial charge in [0, 0.05) is 10.0 Å². The number of hydrogen-bond acceptors (Lipinski definition) is 1. The van der Waals surface area contributed by atoms with Crippen molar-refractivity contribution in [3.8, 4) is 5.75 Å². The van der Waals surface area contributed by atoms with E-state index in [-0.39, 0.29) is 5.38 Å². The van der Waals surface area contributed by atoms with E-state index in [1.54, 1.807) is 7.11 Å². The standard InChI is InChI=1S/C16H16BrClO/c1-11-5-3-4-6-12(11)9-15(18)14-10-13(17)7-8-16(14)19-2/h3-8,10,15H,9H2,1-2H3. The average molecular weight is 340 g/mol. The lowest BCUT2D eigenvalue weighted by Gasteiger charge is -2.15. The van der Waals surface area contributed by atoms with Gasteiger partial charge in [0.1, 0.15) is 5.75 Å². The number of ether oxygens (including phenoxy) is 1. The van der Waals surface area contributed by atoms with Crippen molar-refractivity contribution < 1.29 is 4.74 Å². The molecule has 0 spiro atoms. The fourth-order valence-corrected chi connectivity index (χ4v) is 2.81. The third kappa shape index (κ3) is 3.52. The molecule has 0 aliphatic rings. The van der Waals surface area contributed by atoms with E-state index >= 15 is 0 Å². The van der Waals surface area contributed by atoms with Crippen LogP contribution in [0.1, 0.15) is 22.1 Å². The smallest absolute Gasteiger partial charge is 0.123 e. The predicted molar refractivity (Wildman–Crippen MR) is 84.2 cm³/mol. The summed E-state index contributed by atoms with van der Waals surface area (Å²) in [5.41, 5.74) is 3.55. The van der Waals surface area contributed by atoms with Crippen molar-refractivity contribution in [1.29, 1.82) is 0 Å². The lowest BCUT2D eigenvalue weighted by molar-refractivity contribution is 0.409. The van der Waals surface area contributed by atoms with Crippen molar-refractivity contribution in [2.75, 3.05) is 7.11 Å². The maximum Gasteiger partial charge on any atom is 0.123 e. The molecule has 0 aliphatic heterocycles. The molecular weight excluding hydrogens is 324 g/mol. The lowest BCUT2D eigenvalue weighted by Crippen LogP contribution is -2.00. The molecule has 0 radical (unpaired) electrons. The molecule has 0 N–H and O–H groups in total. The Morgan fingerprint density at radius 3 is 2.63 bits per heavy atom. The molecule has 1 nitrogen and oxygen atoms in total. The van der Waals surface area contributed by atoms with Crippen LogP contribution in [-0.4, -0.2) is 7.11 Å². The Morgan fingerprint density at radius 2 is 1.95 bits per heavy atom. The fourth-order valence-electron chi connectivity index (χ4n) is 2.09. The van der Waals surface area contributed by atoms with Gasteiger partial charge in [-0.05, 0) is 42.7 Å². The summed E-state index contributed by atoms with van der Waals surface area (Å²) < 4.78 is 6.40. The van der Waals surface area contributed by atoms with E-state index in [9.17, 15) is 0 Å². The second-order valence-electron chi connectivity index (χ2n) is 4.48. The lowest BCUT2D eigenvalue weighted by atomic mass is 10.00. The minimum atomic E-state index is -0.103. The van der Waals surface area contributed by atoms with Crippen LogP contribution in [0.15, 0.2) is 46.9 Å². The Labute approximate surface area is 127 Å². The number of methoxy groups -OCH3 is 1. The molecule has 1 atom stereocenters. The first kappa shape index (κ1) is 14.4. The van der Waals surface area contributed by atoms with Crippen molar-refractivity contribution in [2.45, 2.75) is 18.7 Å². The number of benzene rings is 2. The number of alkyl halides is 1. The first-order chi connectivity index (χ1) is 9.11. The Hall–Kier alpha value is -0.990. The summed E-state index contributed by atoms with van der Waals surface area (Å²) in [5.74, 6) is 0.830. The van der Waals surface area contributed by atoms with E-state index < -0.39 is 0 Å². The van der Waals surface area contributed by atoms with Gasteiger partial charge >= 0.3 is 0 Å². The van der Waals surface area contributed by atoms with Gasteiger partial charge in [0.15, 0.2) is 0 Å². The van der Waals surface area contributed by atoms with Crippen LogP contribution >= 0.6 is 27.5 Å². The van der Waals surface area contributed by atoms with Gasteiger partial charge in [0.05, 0.1) is 12.5 Å². The molecule has 0 aliphatic carbocycles. The average Bonchev–Trinajstić information content (AvgIpc) is 2.41. The van der Waals surface area contributed by atoms with Crippen molar-refractivity contribution in [3.63, 3.8) is 0 Å². The maximum atomic E-state index is 6.57. The zero-order chi connectivity index (χ0) is 13.8. The number of halogens is 2. The monoisotopic (exact) mass is 338 g/mol. The summed E-state index contributed by atoms with van der Waals surface area (Å²) in [6, 6.07) is 14.2. The normalized spacial score (nSPS) is 12.2. The van der Waals surface area contributed by atoms with Crippen LogP contribution in [0.3, 0.4) is 0 Å². The van der Waals surface area contributed by atoms with Crippen LogP contribution in [0.4, 0.5) is 0 Å². The van der Waals surface area contributed by atoms with Crippen LogP contribution in [0.2, 0.25) is 0 Å². The van der Waals surface area contributed by atoms with Crippen molar-refractivity contribution in [3.05, 3.63) is 63.6 Å². The molecule has 0 aromatic heterocycles. The molecule has 0 saturated carbocycles. The molecule has 0 heterocycles. The van der Waals surface area contributed by atoms with Crippen molar-refractivity contribution >= 4 is 27.5 Å². The summed E-state index contributed by atoms with van der Waals surface area (Å²) >= 11 is 10.0. The molecule has 0 saturated heterocycles. The number of hydrogen-bond donors (Lipinski definition) is 0. The van der Waals surface area contributed by atoms with Crippen LogP contribution in [0.25, 0.3) is 0 Å².